The molecule has 2 aromatic rings. The number of fused-ring (bicyclic) bond motifs is 1. The zero-order chi connectivity index (χ0) is 21.8. The molecule has 10 heteroatoms. The summed E-state index contributed by atoms with van der Waals surface area (Å²) in [7, 11) is 2.85. The first kappa shape index (κ1) is 20.9. The average Bonchev–Trinajstić information content (AvgIpc) is 2.73. The molecule has 0 saturated heterocycles. The van der Waals surface area contributed by atoms with Crippen molar-refractivity contribution in [1.82, 2.24) is 5.32 Å². The van der Waals surface area contributed by atoms with Crippen LogP contribution >= 0.6 is 0 Å². The van der Waals surface area contributed by atoms with E-state index in [1.165, 1.54) is 26.3 Å². The molecule has 1 aliphatic rings. The molecule has 1 atom stereocenters. The van der Waals surface area contributed by atoms with Gasteiger partial charge in [0.25, 0.3) is 5.91 Å². The van der Waals surface area contributed by atoms with Gasteiger partial charge in [-0.2, -0.15) is 0 Å². The van der Waals surface area contributed by atoms with Gasteiger partial charge in [0, 0.05) is 24.9 Å². The number of aryl methyl sites for hydroxylation is 1. The van der Waals surface area contributed by atoms with E-state index in [2.05, 4.69) is 10.6 Å². The van der Waals surface area contributed by atoms with E-state index in [9.17, 15) is 19.7 Å². The molecule has 0 spiro atoms. The number of anilines is 2. The van der Waals surface area contributed by atoms with E-state index in [0.717, 1.165) is 0 Å². The molecule has 2 amide bonds. The summed E-state index contributed by atoms with van der Waals surface area (Å²) in [4.78, 5) is 37.2. The van der Waals surface area contributed by atoms with Crippen LogP contribution in [0, 0.1) is 17.0 Å². The minimum absolute atomic E-state index is 0.0351. The Morgan fingerprint density at radius 3 is 2.73 bits per heavy atom. The van der Waals surface area contributed by atoms with E-state index < -0.39 is 11.0 Å². The quantitative estimate of drug-likeness (QED) is 0.546. The van der Waals surface area contributed by atoms with E-state index in [1.54, 1.807) is 24.0 Å². The van der Waals surface area contributed by atoms with Crippen molar-refractivity contribution in [3.8, 4) is 11.5 Å². The fourth-order valence-electron chi connectivity index (χ4n) is 3.23. The summed E-state index contributed by atoms with van der Waals surface area (Å²) in [5.74, 6) is -0.0668. The van der Waals surface area contributed by atoms with E-state index >= 15 is 0 Å². The molecule has 30 heavy (non-hydrogen) atoms. The lowest BCUT2D eigenvalue weighted by molar-refractivity contribution is -0.385. The van der Waals surface area contributed by atoms with Crippen molar-refractivity contribution >= 4 is 28.9 Å². The number of amides is 2. The van der Waals surface area contributed by atoms with Gasteiger partial charge in [0.15, 0.2) is 11.9 Å². The molecule has 2 N–H and O–H groups in total. The molecule has 2 aromatic carbocycles. The highest BCUT2D eigenvalue weighted by atomic mass is 16.6. The van der Waals surface area contributed by atoms with E-state index in [0.29, 0.717) is 22.7 Å². The fraction of sp³-hybridized carbons (Fsp3) is 0.300. The summed E-state index contributed by atoms with van der Waals surface area (Å²) in [5.41, 5.74) is 1.46. The topological polar surface area (TPSA) is 123 Å². The highest BCUT2D eigenvalue weighted by molar-refractivity contribution is 5.96. The molecule has 0 unspecified atom stereocenters. The Labute approximate surface area is 172 Å². The van der Waals surface area contributed by atoms with Gasteiger partial charge in [0.2, 0.25) is 5.91 Å². The normalized spacial score (nSPS) is 14.9. The maximum atomic E-state index is 12.7. The molecular formula is C20H22N4O6. The molecule has 0 bridgehead atoms. The number of nitrogens with one attached hydrogen (secondary N) is 2. The molecule has 1 aliphatic heterocycles. The Morgan fingerprint density at radius 1 is 1.33 bits per heavy atom. The van der Waals surface area contributed by atoms with Crippen molar-refractivity contribution in [2.45, 2.75) is 13.0 Å². The zero-order valence-electron chi connectivity index (χ0n) is 16.8. The van der Waals surface area contributed by atoms with E-state index in [1.807, 2.05) is 12.1 Å². The lowest BCUT2D eigenvalue weighted by Crippen LogP contribution is -2.50. The predicted molar refractivity (Wildman–Crippen MR) is 110 cm³/mol. The maximum Gasteiger partial charge on any atom is 0.311 e. The number of hydrogen-bond acceptors (Lipinski definition) is 7. The second-order valence-electron chi connectivity index (χ2n) is 6.71. The number of nitro benzene ring substituents is 1. The third kappa shape index (κ3) is 4.27. The second kappa shape index (κ2) is 8.68. The molecule has 0 aromatic heterocycles. The van der Waals surface area contributed by atoms with Crippen LogP contribution in [0.15, 0.2) is 36.4 Å². The van der Waals surface area contributed by atoms with Gasteiger partial charge in [-0.3, -0.25) is 19.7 Å². The standard InChI is InChI=1S/C20H22N4O6/c1-12-8-15(24(27)28)17(29-3)9-13(12)22-19(25)11-23-10-18(20(26)21-2)30-16-7-5-4-6-14(16)23/h4-9,18H,10-11H2,1-3H3,(H,21,26)(H,22,25)/t18-/m0/s1. The van der Waals surface area contributed by atoms with Crippen LogP contribution in [0.25, 0.3) is 0 Å². The van der Waals surface area contributed by atoms with Crippen LogP contribution in [0.5, 0.6) is 11.5 Å². The van der Waals surface area contributed by atoms with Crippen molar-refractivity contribution in [3.63, 3.8) is 0 Å². The van der Waals surface area contributed by atoms with Gasteiger partial charge in [-0.1, -0.05) is 12.1 Å². The van der Waals surface area contributed by atoms with Crippen LogP contribution in [-0.2, 0) is 9.59 Å². The number of hydrogen-bond donors (Lipinski definition) is 2. The number of nitro groups is 1. The summed E-state index contributed by atoms with van der Waals surface area (Å²) in [6, 6.07) is 9.92. The smallest absolute Gasteiger partial charge is 0.311 e. The molecule has 158 valence electrons. The number of ether oxygens (including phenoxy) is 2. The van der Waals surface area contributed by atoms with Gasteiger partial charge in [-0.15, -0.1) is 0 Å². The van der Waals surface area contributed by atoms with Crippen LogP contribution < -0.4 is 25.0 Å². The highest BCUT2D eigenvalue weighted by Crippen LogP contribution is 2.34. The van der Waals surface area contributed by atoms with Crippen molar-refractivity contribution in [3.05, 3.63) is 52.1 Å². The summed E-state index contributed by atoms with van der Waals surface area (Å²) in [6.07, 6.45) is -0.751. The molecular weight excluding hydrogens is 392 g/mol. The Bertz CT molecular complexity index is 993. The lowest BCUT2D eigenvalue weighted by atomic mass is 10.1. The predicted octanol–water partition coefficient (Wildman–Crippen LogP) is 1.86. The van der Waals surface area contributed by atoms with Gasteiger partial charge in [-0.25, -0.2) is 0 Å². The molecule has 3 rings (SSSR count). The third-order valence-corrected chi connectivity index (χ3v) is 4.73. The first-order valence-corrected chi connectivity index (χ1v) is 9.19. The van der Waals surface area contributed by atoms with Crippen LogP contribution in [0.1, 0.15) is 5.56 Å². The van der Waals surface area contributed by atoms with Crippen molar-refractivity contribution in [2.75, 3.05) is 37.5 Å². The summed E-state index contributed by atoms with van der Waals surface area (Å²) in [6.45, 7) is 1.83. The van der Waals surface area contributed by atoms with Crippen LogP contribution in [0.3, 0.4) is 0 Å². The molecule has 0 aliphatic carbocycles. The highest BCUT2D eigenvalue weighted by Gasteiger charge is 2.31. The van der Waals surface area contributed by atoms with Crippen LogP contribution in [-0.4, -0.2) is 50.1 Å². The SMILES string of the molecule is CNC(=O)[C@@H]1CN(CC(=O)Nc2cc(OC)c([N+](=O)[O-])cc2C)c2ccccc2O1. The van der Waals surface area contributed by atoms with Gasteiger partial charge < -0.3 is 25.0 Å². The van der Waals surface area contributed by atoms with Crippen LogP contribution in [0.4, 0.5) is 17.1 Å². The number of carbonyl (C=O) groups excluding carboxylic acids is 2. The summed E-state index contributed by atoms with van der Waals surface area (Å²) < 4.78 is 10.8. The molecule has 10 nitrogen and oxygen atoms in total. The average molecular weight is 414 g/mol. The number of methoxy groups -OCH3 is 1. The minimum Gasteiger partial charge on any atom is -0.490 e. The molecule has 1 heterocycles. The fourth-order valence-corrected chi connectivity index (χ4v) is 3.23. The third-order valence-electron chi connectivity index (χ3n) is 4.73. The Morgan fingerprint density at radius 2 is 2.07 bits per heavy atom. The molecule has 0 saturated carbocycles. The maximum absolute atomic E-state index is 12.7. The molecule has 0 fully saturated rings. The summed E-state index contributed by atoms with van der Waals surface area (Å²) >= 11 is 0. The van der Waals surface area contributed by atoms with Gasteiger partial charge in [0.1, 0.15) is 5.75 Å². The number of nitrogens with zero attached hydrogens (tertiary/aromatic N) is 2. The Hall–Kier alpha value is -3.82. The first-order valence-electron chi connectivity index (χ1n) is 9.19. The Balaban J connectivity index is 1.80. The minimum atomic E-state index is -0.751. The van der Waals surface area contributed by atoms with E-state index in [4.69, 9.17) is 9.47 Å². The largest absolute Gasteiger partial charge is 0.490 e. The van der Waals surface area contributed by atoms with Gasteiger partial charge in [0.05, 0.1) is 30.8 Å². The summed E-state index contributed by atoms with van der Waals surface area (Å²) in [5, 5.41) is 16.5. The molecule has 0 radical (unpaired) electrons. The van der Waals surface area contributed by atoms with E-state index in [-0.39, 0.29) is 36.3 Å². The van der Waals surface area contributed by atoms with Gasteiger partial charge >= 0.3 is 5.69 Å². The Kier molecular flexibility index (Phi) is 6.05. The second-order valence-corrected chi connectivity index (χ2v) is 6.71. The number of benzene rings is 2. The number of rotatable bonds is 6. The monoisotopic (exact) mass is 414 g/mol. The first-order chi connectivity index (χ1) is 14.3. The van der Waals surface area contributed by atoms with Crippen molar-refractivity contribution in [1.29, 1.82) is 0 Å². The lowest BCUT2D eigenvalue weighted by Gasteiger charge is -2.35. The number of carbonyl (C=O) groups is 2. The number of likely N-dealkylation sites (N-methyl/N-ethyl adjacent to an activating group) is 1. The van der Waals surface area contributed by atoms with Crippen molar-refractivity contribution < 1.29 is 24.0 Å². The van der Waals surface area contributed by atoms with Crippen LogP contribution in [0.2, 0.25) is 0 Å². The van der Waals surface area contributed by atoms with Crippen molar-refractivity contribution in [2.24, 2.45) is 0 Å². The number of para-hydroxylation sites is 2. The van der Waals surface area contributed by atoms with Gasteiger partial charge in [-0.05, 0) is 24.6 Å². The zero-order valence-corrected chi connectivity index (χ0v) is 16.8.